The molecule has 108 valence electrons. The zero-order chi connectivity index (χ0) is 15.0. The van der Waals surface area contributed by atoms with Crippen molar-refractivity contribution in [3.8, 4) is 0 Å². The van der Waals surface area contributed by atoms with Gasteiger partial charge in [0, 0.05) is 23.7 Å². The second-order valence-electron chi connectivity index (χ2n) is 5.23. The molecule has 1 heterocycles. The van der Waals surface area contributed by atoms with E-state index in [4.69, 9.17) is 0 Å². The Morgan fingerprint density at radius 1 is 1.43 bits per heavy atom. The lowest BCUT2D eigenvalue weighted by molar-refractivity contribution is -0.384. The Morgan fingerprint density at radius 3 is 2.95 bits per heavy atom. The van der Waals surface area contributed by atoms with E-state index < -0.39 is 4.92 Å². The third-order valence-corrected chi connectivity index (χ3v) is 3.70. The van der Waals surface area contributed by atoms with Gasteiger partial charge in [0.2, 0.25) is 5.82 Å². The number of aryl methyl sites for hydroxylation is 1. The predicted molar refractivity (Wildman–Crippen MR) is 76.8 cm³/mol. The van der Waals surface area contributed by atoms with Crippen molar-refractivity contribution in [1.82, 2.24) is 4.98 Å². The fraction of sp³-hybridized carbons (Fsp3) is 0.267. The maximum Gasteiger partial charge on any atom is 0.314 e. The van der Waals surface area contributed by atoms with E-state index in [1.54, 1.807) is 25.3 Å². The number of anilines is 1. The number of benzene rings is 1. The van der Waals surface area contributed by atoms with Crippen LogP contribution in [-0.2, 0) is 0 Å². The zero-order valence-corrected chi connectivity index (χ0v) is 11.4. The quantitative estimate of drug-likeness (QED) is 0.691. The summed E-state index contributed by atoms with van der Waals surface area (Å²) in [5.74, 6) is 0.185. The monoisotopic (exact) mass is 287 g/mol. The summed E-state index contributed by atoms with van der Waals surface area (Å²) < 4.78 is 13.2. The minimum Gasteiger partial charge on any atom is -0.361 e. The lowest BCUT2D eigenvalue weighted by Crippen LogP contribution is -2.09. The molecule has 1 aliphatic carbocycles. The molecule has 1 aliphatic rings. The minimum atomic E-state index is -0.426. The van der Waals surface area contributed by atoms with E-state index in [1.165, 1.54) is 12.1 Å². The first-order chi connectivity index (χ1) is 10.1. The Balaban J connectivity index is 1.78. The molecule has 5 nitrogen and oxygen atoms in total. The number of nitro groups is 1. The van der Waals surface area contributed by atoms with E-state index in [0.717, 1.165) is 12.0 Å². The molecular weight excluding hydrogens is 273 g/mol. The molecule has 0 saturated heterocycles. The van der Waals surface area contributed by atoms with Crippen molar-refractivity contribution in [3.05, 3.63) is 63.6 Å². The van der Waals surface area contributed by atoms with Gasteiger partial charge in [-0.3, -0.25) is 10.1 Å². The molecule has 2 atom stereocenters. The Morgan fingerprint density at radius 2 is 2.24 bits per heavy atom. The number of aromatic nitrogens is 1. The SMILES string of the molecule is Cc1ccnc(N[C@@H]2C[C@H]2c2cccc(F)c2)c1[N+](=O)[O-]. The van der Waals surface area contributed by atoms with Crippen LogP contribution in [0, 0.1) is 22.9 Å². The van der Waals surface area contributed by atoms with Crippen molar-refractivity contribution >= 4 is 11.5 Å². The summed E-state index contributed by atoms with van der Waals surface area (Å²) in [6.45, 7) is 1.68. The van der Waals surface area contributed by atoms with Crippen LogP contribution in [0.5, 0.6) is 0 Å². The summed E-state index contributed by atoms with van der Waals surface area (Å²) in [5, 5.41) is 14.2. The molecule has 0 radical (unpaired) electrons. The Hall–Kier alpha value is -2.50. The van der Waals surface area contributed by atoms with Gasteiger partial charge in [-0.2, -0.15) is 0 Å². The van der Waals surface area contributed by atoms with Gasteiger partial charge < -0.3 is 5.32 Å². The van der Waals surface area contributed by atoms with Gasteiger partial charge in [-0.15, -0.1) is 0 Å². The third-order valence-electron chi connectivity index (χ3n) is 3.70. The van der Waals surface area contributed by atoms with Crippen LogP contribution in [0.25, 0.3) is 0 Å². The van der Waals surface area contributed by atoms with Crippen LogP contribution >= 0.6 is 0 Å². The van der Waals surface area contributed by atoms with Gasteiger partial charge in [0.05, 0.1) is 4.92 Å². The van der Waals surface area contributed by atoms with E-state index in [2.05, 4.69) is 10.3 Å². The summed E-state index contributed by atoms with van der Waals surface area (Å²) in [5.41, 5.74) is 1.48. The zero-order valence-electron chi connectivity index (χ0n) is 11.4. The lowest BCUT2D eigenvalue weighted by atomic mass is 10.1. The highest BCUT2D eigenvalue weighted by Gasteiger charge is 2.40. The third kappa shape index (κ3) is 2.69. The first-order valence-corrected chi connectivity index (χ1v) is 6.68. The number of nitrogens with zero attached hydrogens (tertiary/aromatic N) is 2. The Bertz CT molecular complexity index is 705. The summed E-state index contributed by atoms with van der Waals surface area (Å²) >= 11 is 0. The van der Waals surface area contributed by atoms with Crippen LogP contribution in [0.3, 0.4) is 0 Å². The Kier molecular flexibility index (Phi) is 3.29. The molecule has 0 aliphatic heterocycles. The molecule has 1 N–H and O–H groups in total. The van der Waals surface area contributed by atoms with E-state index in [0.29, 0.717) is 5.56 Å². The highest BCUT2D eigenvalue weighted by atomic mass is 19.1. The molecule has 0 amide bonds. The minimum absolute atomic E-state index is 0.00222. The van der Waals surface area contributed by atoms with Crippen molar-refractivity contribution in [2.24, 2.45) is 0 Å². The van der Waals surface area contributed by atoms with Gasteiger partial charge in [-0.25, -0.2) is 9.37 Å². The van der Waals surface area contributed by atoms with Crippen molar-refractivity contribution in [3.63, 3.8) is 0 Å². The summed E-state index contributed by atoms with van der Waals surface area (Å²) in [6, 6.07) is 8.12. The number of pyridine rings is 1. The summed E-state index contributed by atoms with van der Waals surface area (Å²) in [4.78, 5) is 14.8. The molecule has 0 spiro atoms. The average Bonchev–Trinajstić information content (AvgIpc) is 3.17. The maximum atomic E-state index is 13.2. The molecule has 0 unspecified atom stereocenters. The molecule has 0 bridgehead atoms. The number of hydrogen-bond donors (Lipinski definition) is 1. The van der Waals surface area contributed by atoms with Crippen molar-refractivity contribution in [2.45, 2.75) is 25.3 Å². The van der Waals surface area contributed by atoms with Crippen LogP contribution in [0.4, 0.5) is 15.9 Å². The van der Waals surface area contributed by atoms with Gasteiger partial charge in [-0.1, -0.05) is 12.1 Å². The van der Waals surface area contributed by atoms with Gasteiger partial charge >= 0.3 is 5.69 Å². The topological polar surface area (TPSA) is 68.1 Å². The van der Waals surface area contributed by atoms with E-state index in [9.17, 15) is 14.5 Å². The Labute approximate surface area is 121 Å². The molecule has 1 fully saturated rings. The summed E-state index contributed by atoms with van der Waals surface area (Å²) in [7, 11) is 0. The van der Waals surface area contributed by atoms with Gasteiger partial charge in [0.1, 0.15) is 5.82 Å². The molecule has 6 heteroatoms. The smallest absolute Gasteiger partial charge is 0.314 e. The fourth-order valence-electron chi connectivity index (χ4n) is 2.52. The molecule has 1 saturated carbocycles. The highest BCUT2D eigenvalue weighted by molar-refractivity contribution is 5.61. The van der Waals surface area contributed by atoms with Crippen LogP contribution in [0.1, 0.15) is 23.5 Å². The van der Waals surface area contributed by atoms with Crippen molar-refractivity contribution in [1.29, 1.82) is 0 Å². The predicted octanol–water partition coefficient (Wildman–Crippen LogP) is 3.41. The van der Waals surface area contributed by atoms with Crippen molar-refractivity contribution < 1.29 is 9.31 Å². The molecule has 21 heavy (non-hydrogen) atoms. The maximum absolute atomic E-state index is 13.2. The average molecular weight is 287 g/mol. The number of halogens is 1. The first kappa shape index (κ1) is 13.5. The first-order valence-electron chi connectivity index (χ1n) is 6.68. The standard InChI is InChI=1S/C15H14FN3O2/c1-9-5-6-17-15(14(9)19(20)21)18-13-8-12(13)10-3-2-4-11(16)7-10/h2-7,12-13H,8H2,1H3,(H,17,18)/t12-,13+/m0/s1. The van der Waals surface area contributed by atoms with Gasteiger partial charge in [0.25, 0.3) is 0 Å². The van der Waals surface area contributed by atoms with Crippen LogP contribution in [0.2, 0.25) is 0 Å². The van der Waals surface area contributed by atoms with Gasteiger partial charge in [0.15, 0.2) is 0 Å². The van der Waals surface area contributed by atoms with Crippen molar-refractivity contribution in [2.75, 3.05) is 5.32 Å². The van der Waals surface area contributed by atoms with Crippen LogP contribution < -0.4 is 5.32 Å². The van der Waals surface area contributed by atoms with Gasteiger partial charge in [-0.05, 0) is 37.1 Å². The molecule has 2 aromatic rings. The molecule has 3 rings (SSSR count). The molecular formula is C15H14FN3O2. The van der Waals surface area contributed by atoms with E-state index in [-0.39, 0.29) is 29.3 Å². The fourth-order valence-corrected chi connectivity index (χ4v) is 2.52. The number of rotatable bonds is 4. The van der Waals surface area contributed by atoms with E-state index in [1.807, 2.05) is 6.07 Å². The van der Waals surface area contributed by atoms with E-state index >= 15 is 0 Å². The largest absolute Gasteiger partial charge is 0.361 e. The summed E-state index contributed by atoms with van der Waals surface area (Å²) in [6.07, 6.45) is 2.36. The second kappa shape index (κ2) is 5.12. The van der Waals surface area contributed by atoms with Crippen LogP contribution in [-0.4, -0.2) is 15.9 Å². The molecule has 1 aromatic heterocycles. The van der Waals surface area contributed by atoms with Crippen LogP contribution in [0.15, 0.2) is 36.5 Å². The lowest BCUT2D eigenvalue weighted by Gasteiger charge is -2.07. The number of hydrogen-bond acceptors (Lipinski definition) is 4. The number of nitrogens with one attached hydrogen (secondary N) is 1. The normalized spacial score (nSPS) is 20.1. The molecule has 1 aromatic carbocycles. The highest BCUT2D eigenvalue weighted by Crippen LogP contribution is 2.43. The second-order valence-corrected chi connectivity index (χ2v) is 5.23.